The summed E-state index contributed by atoms with van der Waals surface area (Å²) in [6.45, 7) is 6.01. The molecule has 0 spiro atoms. The van der Waals surface area contributed by atoms with E-state index in [1.807, 2.05) is 0 Å². The standard InChI is InChI=1S/C17H18/c1-14(2)12-16-8-10-17(11-9-16)13-15-6-4-3-5-7-15/h3-11H,1,12-13H2,2H3. The van der Waals surface area contributed by atoms with Gasteiger partial charge < -0.3 is 0 Å². The number of hydrogen-bond acceptors (Lipinski definition) is 0. The van der Waals surface area contributed by atoms with Crippen LogP contribution >= 0.6 is 0 Å². The van der Waals surface area contributed by atoms with E-state index in [1.54, 1.807) is 0 Å². The van der Waals surface area contributed by atoms with Gasteiger partial charge in [-0.1, -0.05) is 66.7 Å². The minimum absolute atomic E-state index is 0.978. The highest BCUT2D eigenvalue weighted by Gasteiger charge is 1.97. The van der Waals surface area contributed by atoms with Gasteiger partial charge in [0.05, 0.1) is 0 Å². The van der Waals surface area contributed by atoms with Crippen LogP contribution in [0.1, 0.15) is 23.6 Å². The first-order valence-corrected chi connectivity index (χ1v) is 6.00. The van der Waals surface area contributed by atoms with E-state index in [0.717, 1.165) is 12.8 Å². The van der Waals surface area contributed by atoms with Crippen molar-refractivity contribution in [3.63, 3.8) is 0 Å². The molecule has 0 amide bonds. The summed E-state index contributed by atoms with van der Waals surface area (Å²) in [6.07, 6.45) is 1.99. The molecule has 2 aromatic rings. The molecule has 0 aliphatic rings. The van der Waals surface area contributed by atoms with E-state index in [1.165, 1.54) is 22.3 Å². The van der Waals surface area contributed by atoms with Crippen molar-refractivity contribution in [1.82, 2.24) is 0 Å². The van der Waals surface area contributed by atoms with Crippen molar-refractivity contribution in [2.45, 2.75) is 19.8 Å². The highest BCUT2D eigenvalue weighted by atomic mass is 14.0. The van der Waals surface area contributed by atoms with E-state index in [0.29, 0.717) is 0 Å². The Balaban J connectivity index is 2.06. The minimum atomic E-state index is 0.978. The van der Waals surface area contributed by atoms with E-state index in [2.05, 4.69) is 68.1 Å². The summed E-state index contributed by atoms with van der Waals surface area (Å²) in [5.74, 6) is 0. The molecule has 0 radical (unpaired) electrons. The molecule has 0 bridgehead atoms. The third-order valence-corrected chi connectivity index (χ3v) is 2.78. The van der Waals surface area contributed by atoms with Gasteiger partial charge in [-0.05, 0) is 36.5 Å². The van der Waals surface area contributed by atoms with Crippen LogP contribution in [-0.2, 0) is 12.8 Å². The van der Waals surface area contributed by atoms with Crippen molar-refractivity contribution in [1.29, 1.82) is 0 Å². The Bertz CT molecular complexity index is 477. The SMILES string of the molecule is C=C(C)Cc1ccc(Cc2ccccc2)cc1. The average Bonchev–Trinajstić information content (AvgIpc) is 2.32. The van der Waals surface area contributed by atoms with Crippen molar-refractivity contribution in [2.24, 2.45) is 0 Å². The molecule has 0 atom stereocenters. The van der Waals surface area contributed by atoms with Crippen LogP contribution in [0.15, 0.2) is 66.7 Å². The summed E-state index contributed by atoms with van der Waals surface area (Å²) in [7, 11) is 0. The molecule has 2 aromatic carbocycles. The summed E-state index contributed by atoms with van der Waals surface area (Å²) in [4.78, 5) is 0. The minimum Gasteiger partial charge on any atom is -0.0998 e. The smallest absolute Gasteiger partial charge is 0.00258 e. The van der Waals surface area contributed by atoms with Gasteiger partial charge in [0.15, 0.2) is 0 Å². The summed E-state index contributed by atoms with van der Waals surface area (Å²) in [6, 6.07) is 19.4. The Morgan fingerprint density at radius 2 is 1.35 bits per heavy atom. The highest BCUT2D eigenvalue weighted by molar-refractivity contribution is 5.30. The van der Waals surface area contributed by atoms with Crippen molar-refractivity contribution in [3.8, 4) is 0 Å². The maximum absolute atomic E-state index is 3.94. The number of allylic oxidation sites excluding steroid dienone is 1. The first-order valence-electron chi connectivity index (χ1n) is 6.00. The van der Waals surface area contributed by atoms with Crippen molar-refractivity contribution < 1.29 is 0 Å². The zero-order valence-corrected chi connectivity index (χ0v) is 10.3. The van der Waals surface area contributed by atoms with Gasteiger partial charge in [0.1, 0.15) is 0 Å². The Hall–Kier alpha value is -1.82. The Morgan fingerprint density at radius 3 is 1.94 bits per heavy atom. The third-order valence-electron chi connectivity index (χ3n) is 2.78. The lowest BCUT2D eigenvalue weighted by Crippen LogP contribution is -1.90. The van der Waals surface area contributed by atoms with E-state index < -0.39 is 0 Å². The van der Waals surface area contributed by atoms with E-state index in [9.17, 15) is 0 Å². The Labute approximate surface area is 104 Å². The van der Waals surface area contributed by atoms with Crippen LogP contribution in [0.2, 0.25) is 0 Å². The molecule has 0 aromatic heterocycles. The predicted molar refractivity (Wildman–Crippen MR) is 74.2 cm³/mol. The fourth-order valence-electron chi connectivity index (χ4n) is 1.95. The molecule has 0 heteroatoms. The lowest BCUT2D eigenvalue weighted by atomic mass is 10.0. The highest BCUT2D eigenvalue weighted by Crippen LogP contribution is 2.12. The Morgan fingerprint density at radius 1 is 0.824 bits per heavy atom. The molecule has 86 valence electrons. The first kappa shape index (κ1) is 11.7. The molecular weight excluding hydrogens is 204 g/mol. The van der Waals surface area contributed by atoms with Crippen LogP contribution in [0.4, 0.5) is 0 Å². The van der Waals surface area contributed by atoms with Gasteiger partial charge in [-0.3, -0.25) is 0 Å². The molecule has 17 heavy (non-hydrogen) atoms. The number of benzene rings is 2. The van der Waals surface area contributed by atoms with Gasteiger partial charge in [0, 0.05) is 0 Å². The molecule has 0 heterocycles. The second kappa shape index (κ2) is 5.49. The lowest BCUT2D eigenvalue weighted by molar-refractivity contribution is 1.13. The van der Waals surface area contributed by atoms with Crippen LogP contribution < -0.4 is 0 Å². The Kier molecular flexibility index (Phi) is 3.77. The van der Waals surface area contributed by atoms with Gasteiger partial charge in [-0.15, -0.1) is 0 Å². The second-order valence-corrected chi connectivity index (χ2v) is 4.61. The monoisotopic (exact) mass is 222 g/mol. The normalized spacial score (nSPS) is 10.2. The molecule has 0 nitrogen and oxygen atoms in total. The maximum Gasteiger partial charge on any atom is -0.00258 e. The van der Waals surface area contributed by atoms with Gasteiger partial charge in [-0.2, -0.15) is 0 Å². The summed E-state index contributed by atoms with van der Waals surface area (Å²) < 4.78 is 0. The maximum atomic E-state index is 3.94. The van der Waals surface area contributed by atoms with Gasteiger partial charge in [0.25, 0.3) is 0 Å². The molecule has 0 aliphatic heterocycles. The molecule has 0 saturated heterocycles. The molecule has 0 fully saturated rings. The van der Waals surface area contributed by atoms with Gasteiger partial charge in [-0.25, -0.2) is 0 Å². The van der Waals surface area contributed by atoms with Crippen LogP contribution in [0, 0.1) is 0 Å². The molecule has 0 aliphatic carbocycles. The topological polar surface area (TPSA) is 0 Å². The summed E-state index contributed by atoms with van der Waals surface area (Å²) >= 11 is 0. The third kappa shape index (κ3) is 3.60. The van der Waals surface area contributed by atoms with E-state index in [4.69, 9.17) is 0 Å². The van der Waals surface area contributed by atoms with Crippen LogP contribution in [0.5, 0.6) is 0 Å². The number of hydrogen-bond donors (Lipinski definition) is 0. The zero-order chi connectivity index (χ0) is 12.1. The number of rotatable bonds is 4. The fourth-order valence-corrected chi connectivity index (χ4v) is 1.95. The molecule has 0 unspecified atom stereocenters. The average molecular weight is 222 g/mol. The summed E-state index contributed by atoms with van der Waals surface area (Å²) in [5.41, 5.74) is 5.27. The molecule has 2 rings (SSSR count). The molecular formula is C17H18. The van der Waals surface area contributed by atoms with Crippen LogP contribution in [0.25, 0.3) is 0 Å². The van der Waals surface area contributed by atoms with Crippen LogP contribution in [-0.4, -0.2) is 0 Å². The van der Waals surface area contributed by atoms with Crippen LogP contribution in [0.3, 0.4) is 0 Å². The van der Waals surface area contributed by atoms with Crippen molar-refractivity contribution in [2.75, 3.05) is 0 Å². The predicted octanol–water partition coefficient (Wildman–Crippen LogP) is 4.40. The largest absolute Gasteiger partial charge is 0.0998 e. The zero-order valence-electron chi connectivity index (χ0n) is 10.3. The molecule has 0 saturated carbocycles. The fraction of sp³-hybridized carbons (Fsp3) is 0.176. The van der Waals surface area contributed by atoms with Gasteiger partial charge in [0.2, 0.25) is 0 Å². The van der Waals surface area contributed by atoms with E-state index in [-0.39, 0.29) is 0 Å². The second-order valence-electron chi connectivity index (χ2n) is 4.61. The van der Waals surface area contributed by atoms with Crippen molar-refractivity contribution >= 4 is 0 Å². The first-order chi connectivity index (χ1) is 8.24. The van der Waals surface area contributed by atoms with Crippen molar-refractivity contribution in [3.05, 3.63) is 83.4 Å². The molecule has 0 N–H and O–H groups in total. The van der Waals surface area contributed by atoms with E-state index >= 15 is 0 Å². The quantitative estimate of drug-likeness (QED) is 0.673. The summed E-state index contributed by atoms with van der Waals surface area (Å²) in [5, 5.41) is 0. The van der Waals surface area contributed by atoms with Gasteiger partial charge >= 0.3 is 0 Å². The lowest BCUT2D eigenvalue weighted by Gasteiger charge is -2.04.